The van der Waals surface area contributed by atoms with Crippen molar-refractivity contribution < 1.29 is 4.79 Å². The van der Waals surface area contributed by atoms with Crippen LogP contribution in [-0.2, 0) is 4.79 Å². The van der Waals surface area contributed by atoms with E-state index >= 15 is 0 Å². The minimum Gasteiger partial charge on any atom is -0.324 e. The normalized spacial score (nSPS) is 10.3. The molecule has 5 heteroatoms. The minimum absolute atomic E-state index is 0.0321. The van der Waals surface area contributed by atoms with Gasteiger partial charge >= 0.3 is 0 Å². The highest BCUT2D eigenvalue weighted by atomic mass is 35.5. The molecule has 0 radical (unpaired) electrons. The molecule has 0 atom stereocenters. The Kier molecular flexibility index (Phi) is 6.78. The van der Waals surface area contributed by atoms with Crippen LogP contribution in [-0.4, -0.2) is 17.4 Å². The van der Waals surface area contributed by atoms with Gasteiger partial charge < -0.3 is 5.32 Å². The fourth-order valence-electron chi connectivity index (χ4n) is 1.19. The van der Waals surface area contributed by atoms with E-state index < -0.39 is 0 Å². The third-order valence-corrected chi connectivity index (χ3v) is 3.67. The fraction of sp³-hybridized carbons (Fsp3) is 0.417. The van der Waals surface area contributed by atoms with Gasteiger partial charge in [-0.1, -0.05) is 36.5 Å². The van der Waals surface area contributed by atoms with Crippen molar-refractivity contribution >= 4 is 46.6 Å². The maximum absolute atomic E-state index is 11.6. The van der Waals surface area contributed by atoms with Crippen molar-refractivity contribution in [2.45, 2.75) is 19.8 Å². The molecule has 0 aliphatic carbocycles. The van der Waals surface area contributed by atoms with Crippen molar-refractivity contribution in [1.29, 1.82) is 0 Å². The summed E-state index contributed by atoms with van der Waals surface area (Å²) in [6, 6.07) is 5.02. The largest absolute Gasteiger partial charge is 0.324 e. The molecule has 0 aliphatic heterocycles. The van der Waals surface area contributed by atoms with E-state index in [0.29, 0.717) is 21.5 Å². The molecule has 1 aromatic carbocycles. The standard InChI is InChI=1S/C12H15Cl2NOS/c1-2-3-6-17-8-12(16)15-11-5-4-9(13)7-10(11)14/h4-5,7H,2-3,6,8H2,1H3,(H,15,16). The summed E-state index contributed by atoms with van der Waals surface area (Å²) in [5.74, 6) is 1.44. The molecule has 0 aliphatic rings. The zero-order valence-corrected chi connectivity index (χ0v) is 12.0. The number of rotatable bonds is 6. The maximum Gasteiger partial charge on any atom is 0.234 e. The van der Waals surface area contributed by atoms with Crippen LogP contribution in [0.1, 0.15) is 19.8 Å². The average Bonchev–Trinajstić information content (AvgIpc) is 2.28. The van der Waals surface area contributed by atoms with Crippen molar-refractivity contribution in [2.75, 3.05) is 16.8 Å². The maximum atomic E-state index is 11.6. The zero-order chi connectivity index (χ0) is 12.7. The molecule has 0 bridgehead atoms. The van der Waals surface area contributed by atoms with Crippen LogP contribution < -0.4 is 5.32 Å². The molecular formula is C12H15Cl2NOS. The van der Waals surface area contributed by atoms with Gasteiger partial charge in [0.1, 0.15) is 0 Å². The van der Waals surface area contributed by atoms with Crippen molar-refractivity contribution in [2.24, 2.45) is 0 Å². The lowest BCUT2D eigenvalue weighted by molar-refractivity contribution is -0.113. The number of amides is 1. The Morgan fingerprint density at radius 3 is 2.82 bits per heavy atom. The number of anilines is 1. The molecule has 0 unspecified atom stereocenters. The van der Waals surface area contributed by atoms with Crippen LogP contribution in [0.25, 0.3) is 0 Å². The van der Waals surface area contributed by atoms with E-state index in [2.05, 4.69) is 12.2 Å². The molecule has 1 rings (SSSR count). The average molecular weight is 292 g/mol. The Bertz CT molecular complexity index is 385. The van der Waals surface area contributed by atoms with Gasteiger partial charge in [-0.05, 0) is 30.4 Å². The second-order valence-electron chi connectivity index (χ2n) is 3.58. The monoisotopic (exact) mass is 291 g/mol. The van der Waals surface area contributed by atoms with E-state index in [4.69, 9.17) is 23.2 Å². The van der Waals surface area contributed by atoms with Crippen LogP contribution in [0.2, 0.25) is 10.0 Å². The number of hydrogen-bond donors (Lipinski definition) is 1. The SMILES string of the molecule is CCCCSCC(=O)Nc1ccc(Cl)cc1Cl. The van der Waals surface area contributed by atoms with Crippen LogP contribution >= 0.6 is 35.0 Å². The first-order chi connectivity index (χ1) is 8.13. The molecule has 0 saturated carbocycles. The summed E-state index contributed by atoms with van der Waals surface area (Å²) >= 11 is 13.4. The highest BCUT2D eigenvalue weighted by molar-refractivity contribution is 7.99. The third-order valence-electron chi connectivity index (χ3n) is 2.08. The Morgan fingerprint density at radius 2 is 2.18 bits per heavy atom. The molecule has 1 N–H and O–H groups in total. The second-order valence-corrected chi connectivity index (χ2v) is 5.53. The van der Waals surface area contributed by atoms with Gasteiger partial charge in [-0.25, -0.2) is 0 Å². The summed E-state index contributed by atoms with van der Waals surface area (Å²) < 4.78 is 0. The fourth-order valence-corrected chi connectivity index (χ4v) is 2.54. The van der Waals surface area contributed by atoms with Gasteiger partial charge in [-0.15, -0.1) is 0 Å². The smallest absolute Gasteiger partial charge is 0.234 e. The third kappa shape index (κ3) is 5.66. The van der Waals surface area contributed by atoms with Crippen LogP contribution in [0.4, 0.5) is 5.69 Å². The lowest BCUT2D eigenvalue weighted by Crippen LogP contribution is -2.14. The summed E-state index contributed by atoms with van der Waals surface area (Å²) in [4.78, 5) is 11.6. The van der Waals surface area contributed by atoms with Crippen molar-refractivity contribution in [3.63, 3.8) is 0 Å². The van der Waals surface area contributed by atoms with Crippen LogP contribution in [0, 0.1) is 0 Å². The summed E-state index contributed by atoms with van der Waals surface area (Å²) in [5, 5.41) is 3.79. The zero-order valence-electron chi connectivity index (χ0n) is 9.63. The summed E-state index contributed by atoms with van der Waals surface area (Å²) in [7, 11) is 0. The highest BCUT2D eigenvalue weighted by Crippen LogP contribution is 2.25. The molecule has 1 aromatic rings. The molecule has 2 nitrogen and oxygen atoms in total. The van der Waals surface area contributed by atoms with Crippen molar-refractivity contribution in [3.05, 3.63) is 28.2 Å². The molecule has 0 saturated heterocycles. The van der Waals surface area contributed by atoms with E-state index in [-0.39, 0.29) is 5.91 Å². The Hall–Kier alpha value is -0.380. The molecule has 94 valence electrons. The van der Waals surface area contributed by atoms with Crippen molar-refractivity contribution in [3.8, 4) is 0 Å². The lowest BCUT2D eigenvalue weighted by Gasteiger charge is -2.07. The predicted octanol–water partition coefficient (Wildman–Crippen LogP) is 4.47. The van der Waals surface area contributed by atoms with Crippen LogP contribution in [0.5, 0.6) is 0 Å². The van der Waals surface area contributed by atoms with E-state index in [1.165, 1.54) is 0 Å². The molecule has 0 heterocycles. The first-order valence-electron chi connectivity index (χ1n) is 5.46. The van der Waals surface area contributed by atoms with Crippen molar-refractivity contribution in [1.82, 2.24) is 0 Å². The van der Waals surface area contributed by atoms with E-state index in [9.17, 15) is 4.79 Å². The number of carbonyl (C=O) groups excluding carboxylic acids is 1. The first-order valence-corrected chi connectivity index (χ1v) is 7.37. The van der Waals surface area contributed by atoms with Gasteiger partial charge in [-0.2, -0.15) is 11.8 Å². The summed E-state index contributed by atoms with van der Waals surface area (Å²) in [5.41, 5.74) is 0.608. The summed E-state index contributed by atoms with van der Waals surface area (Å²) in [6.07, 6.45) is 2.29. The molecule has 0 spiro atoms. The Morgan fingerprint density at radius 1 is 1.41 bits per heavy atom. The lowest BCUT2D eigenvalue weighted by atomic mass is 10.3. The number of hydrogen-bond acceptors (Lipinski definition) is 2. The van der Waals surface area contributed by atoms with Gasteiger partial charge in [0.05, 0.1) is 16.5 Å². The number of benzene rings is 1. The van der Waals surface area contributed by atoms with E-state index in [0.717, 1.165) is 18.6 Å². The molecule has 1 amide bonds. The number of thioether (sulfide) groups is 1. The van der Waals surface area contributed by atoms with Gasteiger partial charge in [0.15, 0.2) is 0 Å². The quantitative estimate of drug-likeness (QED) is 0.784. The molecule has 17 heavy (non-hydrogen) atoms. The minimum atomic E-state index is -0.0321. The second kappa shape index (κ2) is 7.85. The van der Waals surface area contributed by atoms with E-state index in [1.807, 2.05) is 0 Å². The van der Waals surface area contributed by atoms with Gasteiger partial charge in [0.25, 0.3) is 0 Å². The van der Waals surface area contributed by atoms with E-state index in [1.54, 1.807) is 30.0 Å². The van der Waals surface area contributed by atoms with Gasteiger partial charge in [0.2, 0.25) is 5.91 Å². The predicted molar refractivity (Wildman–Crippen MR) is 77.3 cm³/mol. The molecular weight excluding hydrogens is 277 g/mol. The highest BCUT2D eigenvalue weighted by Gasteiger charge is 2.06. The van der Waals surface area contributed by atoms with Crippen LogP contribution in [0.15, 0.2) is 18.2 Å². The number of carbonyl (C=O) groups is 1. The summed E-state index contributed by atoms with van der Waals surface area (Å²) in [6.45, 7) is 2.13. The molecule has 0 fully saturated rings. The Labute approximate surface area is 116 Å². The number of unbranched alkanes of at least 4 members (excludes halogenated alkanes) is 1. The number of halogens is 2. The topological polar surface area (TPSA) is 29.1 Å². The number of nitrogens with one attached hydrogen (secondary N) is 1. The first kappa shape index (κ1) is 14.7. The Balaban J connectivity index is 2.40. The van der Waals surface area contributed by atoms with Gasteiger partial charge in [-0.3, -0.25) is 4.79 Å². The molecule has 0 aromatic heterocycles. The van der Waals surface area contributed by atoms with Gasteiger partial charge in [0, 0.05) is 5.02 Å². The van der Waals surface area contributed by atoms with Crippen LogP contribution in [0.3, 0.4) is 0 Å².